The summed E-state index contributed by atoms with van der Waals surface area (Å²) in [5.41, 5.74) is 8.49. The summed E-state index contributed by atoms with van der Waals surface area (Å²) in [6.45, 7) is 0.728. The van der Waals surface area contributed by atoms with Gasteiger partial charge in [0.1, 0.15) is 10.8 Å². The first-order chi connectivity index (χ1) is 15.1. The maximum atomic E-state index is 13.3. The Bertz CT molecular complexity index is 1110. The summed E-state index contributed by atoms with van der Waals surface area (Å²) in [6.07, 6.45) is 4.45. The van der Waals surface area contributed by atoms with Gasteiger partial charge in [-0.15, -0.1) is 11.3 Å². The standard InChI is InChI=1S/C25H27N3O2S/c26-23(17-10-12-18(29)13-11-17)25(30)28-14-4-9-22(28)24-27-21(15-31-24)20-8-3-6-16-5-1-2-7-19(16)20/h1-3,5-8,15,17,22-23H,4,9-14,26H2. The second-order valence-corrected chi connectivity index (χ2v) is 9.58. The van der Waals surface area contributed by atoms with Gasteiger partial charge in [0.2, 0.25) is 5.91 Å². The van der Waals surface area contributed by atoms with Crippen LogP contribution in [0.25, 0.3) is 22.0 Å². The molecular weight excluding hydrogens is 406 g/mol. The molecule has 1 saturated carbocycles. The van der Waals surface area contributed by atoms with Gasteiger partial charge in [0, 0.05) is 30.3 Å². The highest BCUT2D eigenvalue weighted by Crippen LogP contribution is 2.38. The minimum Gasteiger partial charge on any atom is -0.332 e. The molecule has 160 valence electrons. The van der Waals surface area contributed by atoms with E-state index < -0.39 is 6.04 Å². The molecule has 0 spiro atoms. The van der Waals surface area contributed by atoms with Gasteiger partial charge in [-0.05, 0) is 42.4 Å². The number of ketones is 1. The Hall–Kier alpha value is -2.57. The van der Waals surface area contributed by atoms with E-state index in [1.165, 1.54) is 10.8 Å². The van der Waals surface area contributed by atoms with Crippen LogP contribution in [0.3, 0.4) is 0 Å². The quantitative estimate of drug-likeness (QED) is 0.646. The van der Waals surface area contributed by atoms with Crippen molar-refractivity contribution >= 4 is 33.8 Å². The Balaban J connectivity index is 1.37. The lowest BCUT2D eigenvalue weighted by atomic mass is 9.83. The number of carbonyl (C=O) groups is 2. The lowest BCUT2D eigenvalue weighted by molar-refractivity contribution is -0.136. The highest BCUT2D eigenvalue weighted by Gasteiger charge is 2.37. The molecule has 31 heavy (non-hydrogen) atoms. The molecule has 1 amide bonds. The van der Waals surface area contributed by atoms with Crippen LogP contribution in [0.2, 0.25) is 0 Å². The number of benzene rings is 2. The lowest BCUT2D eigenvalue weighted by Gasteiger charge is -2.31. The minimum atomic E-state index is -0.522. The summed E-state index contributed by atoms with van der Waals surface area (Å²) in [7, 11) is 0. The second kappa shape index (κ2) is 8.52. The first-order valence-corrected chi connectivity index (χ1v) is 12.0. The first-order valence-electron chi connectivity index (χ1n) is 11.1. The zero-order valence-corrected chi connectivity index (χ0v) is 18.3. The number of aromatic nitrogens is 1. The molecule has 2 fully saturated rings. The van der Waals surface area contributed by atoms with E-state index in [1.54, 1.807) is 11.3 Å². The Labute approximate surface area is 186 Å². The number of fused-ring (bicyclic) bond motifs is 1. The number of Topliss-reactive ketones (excluding diaryl/α,β-unsaturated/α-hetero) is 1. The summed E-state index contributed by atoms with van der Waals surface area (Å²) in [4.78, 5) is 31.7. The molecule has 6 heteroatoms. The molecule has 2 atom stereocenters. The number of carbonyl (C=O) groups excluding carboxylic acids is 2. The van der Waals surface area contributed by atoms with Crippen molar-refractivity contribution in [3.63, 3.8) is 0 Å². The van der Waals surface area contributed by atoms with Crippen molar-refractivity contribution < 1.29 is 9.59 Å². The summed E-state index contributed by atoms with van der Waals surface area (Å²) in [5.74, 6) is 0.413. The van der Waals surface area contributed by atoms with Gasteiger partial charge >= 0.3 is 0 Å². The van der Waals surface area contributed by atoms with Crippen LogP contribution in [0.15, 0.2) is 47.8 Å². The maximum absolute atomic E-state index is 13.3. The number of nitrogens with two attached hydrogens (primary N) is 1. The van der Waals surface area contributed by atoms with Gasteiger partial charge in [0.05, 0.1) is 17.8 Å². The number of amides is 1. The van der Waals surface area contributed by atoms with Crippen LogP contribution in [0, 0.1) is 5.92 Å². The predicted molar refractivity (Wildman–Crippen MR) is 124 cm³/mol. The minimum absolute atomic E-state index is 0.00232. The second-order valence-electron chi connectivity index (χ2n) is 8.69. The van der Waals surface area contributed by atoms with Crippen molar-refractivity contribution in [2.24, 2.45) is 11.7 Å². The molecule has 0 bridgehead atoms. The van der Waals surface area contributed by atoms with Crippen LogP contribution in [-0.4, -0.2) is 34.2 Å². The molecule has 0 radical (unpaired) electrons. The molecule has 5 rings (SSSR count). The third kappa shape index (κ3) is 3.90. The average molecular weight is 434 g/mol. The number of likely N-dealkylation sites (tertiary alicyclic amines) is 1. The van der Waals surface area contributed by atoms with Crippen molar-refractivity contribution in [1.82, 2.24) is 9.88 Å². The van der Waals surface area contributed by atoms with E-state index in [0.717, 1.165) is 48.5 Å². The normalized spacial score (nSPS) is 21.0. The van der Waals surface area contributed by atoms with Crippen LogP contribution in [0.5, 0.6) is 0 Å². The van der Waals surface area contributed by atoms with Gasteiger partial charge in [-0.25, -0.2) is 4.98 Å². The van der Waals surface area contributed by atoms with Crippen LogP contribution in [0.1, 0.15) is 49.6 Å². The van der Waals surface area contributed by atoms with E-state index in [4.69, 9.17) is 10.7 Å². The van der Waals surface area contributed by atoms with Crippen molar-refractivity contribution in [2.45, 2.75) is 50.6 Å². The maximum Gasteiger partial charge on any atom is 0.240 e. The van der Waals surface area contributed by atoms with Gasteiger partial charge in [0.25, 0.3) is 0 Å². The number of nitrogens with zero attached hydrogens (tertiary/aromatic N) is 2. The molecule has 5 nitrogen and oxygen atoms in total. The van der Waals surface area contributed by atoms with Gasteiger partial charge in [-0.1, -0.05) is 42.5 Å². The number of rotatable bonds is 4. The van der Waals surface area contributed by atoms with E-state index in [9.17, 15) is 9.59 Å². The third-order valence-corrected chi connectivity index (χ3v) is 7.74. The molecule has 2 N–H and O–H groups in total. The Morgan fingerprint density at radius 3 is 2.71 bits per heavy atom. The van der Waals surface area contributed by atoms with Crippen LogP contribution >= 0.6 is 11.3 Å². The molecule has 2 aliphatic rings. The zero-order valence-electron chi connectivity index (χ0n) is 17.5. The SMILES string of the molecule is NC(C(=O)N1CCCC1c1nc(-c2cccc3ccccc23)cs1)C1CCC(=O)CC1. The fraction of sp³-hybridized carbons (Fsp3) is 0.400. The molecule has 1 aliphatic carbocycles. The van der Waals surface area contributed by atoms with E-state index in [1.807, 2.05) is 11.0 Å². The van der Waals surface area contributed by atoms with Gasteiger partial charge < -0.3 is 10.6 Å². The fourth-order valence-electron chi connectivity index (χ4n) is 5.01. The van der Waals surface area contributed by atoms with Crippen molar-refractivity contribution in [1.29, 1.82) is 0 Å². The number of hydrogen-bond donors (Lipinski definition) is 1. The molecular formula is C25H27N3O2S. The van der Waals surface area contributed by atoms with E-state index >= 15 is 0 Å². The monoisotopic (exact) mass is 433 g/mol. The van der Waals surface area contributed by atoms with E-state index in [-0.39, 0.29) is 17.9 Å². The van der Waals surface area contributed by atoms with E-state index in [0.29, 0.717) is 18.6 Å². The summed E-state index contributed by atoms with van der Waals surface area (Å²) in [6, 6.07) is 14.1. The summed E-state index contributed by atoms with van der Waals surface area (Å²) >= 11 is 1.63. The summed E-state index contributed by atoms with van der Waals surface area (Å²) in [5, 5.41) is 5.48. The topological polar surface area (TPSA) is 76.3 Å². The van der Waals surface area contributed by atoms with E-state index in [2.05, 4.69) is 41.8 Å². The van der Waals surface area contributed by atoms with Crippen LogP contribution in [-0.2, 0) is 9.59 Å². The molecule has 3 aromatic rings. The van der Waals surface area contributed by atoms with Crippen molar-refractivity contribution in [2.75, 3.05) is 6.54 Å². The molecule has 2 unspecified atom stereocenters. The van der Waals surface area contributed by atoms with Gasteiger partial charge in [0.15, 0.2) is 0 Å². The smallest absolute Gasteiger partial charge is 0.240 e. The highest BCUT2D eigenvalue weighted by molar-refractivity contribution is 7.10. The predicted octanol–water partition coefficient (Wildman–Crippen LogP) is 4.71. The lowest BCUT2D eigenvalue weighted by Crippen LogP contribution is -2.48. The average Bonchev–Trinajstić information content (AvgIpc) is 3.48. The number of thiazole rings is 1. The van der Waals surface area contributed by atoms with Crippen molar-refractivity contribution in [3.05, 3.63) is 52.9 Å². The summed E-state index contributed by atoms with van der Waals surface area (Å²) < 4.78 is 0. The Morgan fingerprint density at radius 2 is 1.87 bits per heavy atom. The molecule has 2 aromatic carbocycles. The fourth-order valence-corrected chi connectivity index (χ4v) is 5.98. The van der Waals surface area contributed by atoms with Crippen LogP contribution < -0.4 is 5.73 Å². The van der Waals surface area contributed by atoms with Crippen LogP contribution in [0.4, 0.5) is 0 Å². The molecule has 2 heterocycles. The largest absolute Gasteiger partial charge is 0.332 e. The Morgan fingerprint density at radius 1 is 1.10 bits per heavy atom. The first kappa shape index (κ1) is 20.3. The third-order valence-electron chi connectivity index (χ3n) is 6.79. The van der Waals surface area contributed by atoms with Gasteiger partial charge in [-0.2, -0.15) is 0 Å². The van der Waals surface area contributed by atoms with Gasteiger partial charge in [-0.3, -0.25) is 9.59 Å². The molecule has 1 aliphatic heterocycles. The number of hydrogen-bond acceptors (Lipinski definition) is 5. The highest BCUT2D eigenvalue weighted by atomic mass is 32.1. The zero-order chi connectivity index (χ0) is 21.4. The molecule has 1 saturated heterocycles. The molecule has 1 aromatic heterocycles. The Kier molecular flexibility index (Phi) is 5.59. The van der Waals surface area contributed by atoms with Crippen molar-refractivity contribution in [3.8, 4) is 11.3 Å².